The Labute approximate surface area is 137 Å². The smallest absolute Gasteiger partial charge is 0.229 e. The first-order valence-electron chi connectivity index (χ1n) is 7.60. The molecule has 2 amide bonds. The van der Waals surface area contributed by atoms with Crippen LogP contribution in [-0.4, -0.2) is 29.3 Å². The van der Waals surface area contributed by atoms with E-state index < -0.39 is 11.7 Å². The van der Waals surface area contributed by atoms with Crippen molar-refractivity contribution in [3.8, 4) is 0 Å². The normalized spacial score (nSPS) is 22.4. The highest BCUT2D eigenvalue weighted by Gasteiger charge is 2.38. The summed E-state index contributed by atoms with van der Waals surface area (Å²) in [5.41, 5.74) is 0.153. The zero-order valence-electron chi connectivity index (χ0n) is 12.1. The Morgan fingerprint density at radius 2 is 2.05 bits per heavy atom. The average Bonchev–Trinajstić information content (AvgIpc) is 3.10. The molecule has 1 heterocycles. The van der Waals surface area contributed by atoms with Crippen LogP contribution in [0.4, 0.5) is 10.1 Å². The number of rotatable bonds is 3. The van der Waals surface area contributed by atoms with Gasteiger partial charge < -0.3 is 10.2 Å². The molecule has 6 heteroatoms. The van der Waals surface area contributed by atoms with Crippen LogP contribution in [0, 0.1) is 11.7 Å². The molecule has 1 aliphatic carbocycles. The van der Waals surface area contributed by atoms with Crippen molar-refractivity contribution in [2.45, 2.75) is 38.1 Å². The average molecular weight is 369 g/mol. The molecule has 2 aliphatic rings. The van der Waals surface area contributed by atoms with Gasteiger partial charge in [-0.15, -0.1) is 0 Å². The van der Waals surface area contributed by atoms with Crippen molar-refractivity contribution in [2.24, 2.45) is 5.92 Å². The number of nitrogens with zero attached hydrogens (tertiary/aromatic N) is 1. The number of likely N-dealkylation sites (tertiary alicyclic amines) is 1. The molecule has 1 atom stereocenters. The Hall–Kier alpha value is -1.43. The van der Waals surface area contributed by atoms with E-state index in [4.69, 9.17) is 0 Å². The van der Waals surface area contributed by atoms with E-state index in [0.717, 1.165) is 25.7 Å². The lowest BCUT2D eigenvalue weighted by molar-refractivity contribution is -0.129. The van der Waals surface area contributed by atoms with Gasteiger partial charge in [0.25, 0.3) is 0 Å². The molecular formula is C16H18BrFN2O2. The Balaban J connectivity index is 1.64. The van der Waals surface area contributed by atoms with Crippen LogP contribution in [0.15, 0.2) is 22.7 Å². The highest BCUT2D eigenvalue weighted by molar-refractivity contribution is 9.10. The Kier molecular flexibility index (Phi) is 4.47. The summed E-state index contributed by atoms with van der Waals surface area (Å²) in [5.74, 6) is -1.12. The number of halogens is 2. The van der Waals surface area contributed by atoms with E-state index >= 15 is 0 Å². The third kappa shape index (κ3) is 3.16. The summed E-state index contributed by atoms with van der Waals surface area (Å²) in [7, 11) is 0. The molecule has 0 radical (unpaired) electrons. The molecule has 2 fully saturated rings. The quantitative estimate of drug-likeness (QED) is 0.889. The van der Waals surface area contributed by atoms with Crippen LogP contribution >= 0.6 is 15.9 Å². The van der Waals surface area contributed by atoms with Crippen LogP contribution in [0.2, 0.25) is 0 Å². The van der Waals surface area contributed by atoms with Gasteiger partial charge in [-0.05, 0) is 31.0 Å². The number of hydrogen-bond donors (Lipinski definition) is 1. The van der Waals surface area contributed by atoms with Crippen molar-refractivity contribution in [1.29, 1.82) is 0 Å². The van der Waals surface area contributed by atoms with Crippen LogP contribution in [-0.2, 0) is 9.59 Å². The summed E-state index contributed by atoms with van der Waals surface area (Å²) < 4.78 is 14.4. The summed E-state index contributed by atoms with van der Waals surface area (Å²) >= 11 is 3.18. The van der Waals surface area contributed by atoms with E-state index in [1.165, 1.54) is 12.1 Å². The van der Waals surface area contributed by atoms with Gasteiger partial charge in [0.2, 0.25) is 11.8 Å². The van der Waals surface area contributed by atoms with Gasteiger partial charge >= 0.3 is 0 Å². The van der Waals surface area contributed by atoms with Crippen molar-refractivity contribution in [2.75, 3.05) is 11.9 Å². The fourth-order valence-electron chi connectivity index (χ4n) is 3.30. The number of anilines is 1. The maximum absolute atomic E-state index is 13.8. The lowest BCUT2D eigenvalue weighted by atomic mass is 10.1. The first-order valence-corrected chi connectivity index (χ1v) is 8.39. The number of carbonyl (C=O) groups excluding carboxylic acids is 2. The summed E-state index contributed by atoms with van der Waals surface area (Å²) in [6.07, 6.45) is 4.58. The van der Waals surface area contributed by atoms with Gasteiger partial charge in [-0.25, -0.2) is 4.39 Å². The van der Waals surface area contributed by atoms with Gasteiger partial charge in [0.05, 0.1) is 11.6 Å². The van der Waals surface area contributed by atoms with Crippen molar-refractivity contribution in [3.05, 3.63) is 28.5 Å². The van der Waals surface area contributed by atoms with Gasteiger partial charge in [0.15, 0.2) is 0 Å². The standard InChI is InChI=1S/C16H18BrFN2O2/c17-11-5-6-14(13(18)8-11)19-16(22)10-7-15(21)20(9-10)12-3-1-2-4-12/h5-6,8,10,12H,1-4,7,9H2,(H,19,22). The Morgan fingerprint density at radius 3 is 2.73 bits per heavy atom. The van der Waals surface area contributed by atoms with E-state index in [1.807, 2.05) is 4.90 Å². The summed E-state index contributed by atoms with van der Waals surface area (Å²) in [6, 6.07) is 4.78. The number of amides is 2. The number of carbonyl (C=O) groups is 2. The molecule has 118 valence electrons. The monoisotopic (exact) mass is 368 g/mol. The van der Waals surface area contributed by atoms with Crippen molar-refractivity contribution >= 4 is 33.4 Å². The Morgan fingerprint density at radius 1 is 1.32 bits per heavy atom. The maximum Gasteiger partial charge on any atom is 0.229 e. The highest BCUT2D eigenvalue weighted by Crippen LogP contribution is 2.30. The molecule has 3 rings (SSSR count). The molecule has 4 nitrogen and oxygen atoms in total. The lowest BCUT2D eigenvalue weighted by Gasteiger charge is -2.23. The van der Waals surface area contributed by atoms with Crippen molar-refractivity contribution < 1.29 is 14.0 Å². The fourth-order valence-corrected chi connectivity index (χ4v) is 3.63. The van der Waals surface area contributed by atoms with Gasteiger partial charge in [0, 0.05) is 23.5 Å². The largest absolute Gasteiger partial charge is 0.339 e. The van der Waals surface area contributed by atoms with Gasteiger partial charge in [-0.2, -0.15) is 0 Å². The molecular weight excluding hydrogens is 351 g/mol. The van der Waals surface area contributed by atoms with Crippen molar-refractivity contribution in [1.82, 2.24) is 4.90 Å². The SMILES string of the molecule is O=C(Nc1ccc(Br)cc1F)C1CC(=O)N(C2CCCC2)C1. The van der Waals surface area contributed by atoms with Gasteiger partial charge in [0.1, 0.15) is 5.82 Å². The number of benzene rings is 1. The Bertz CT molecular complexity index is 602. The van der Waals surface area contributed by atoms with E-state index in [-0.39, 0.29) is 30.0 Å². The maximum atomic E-state index is 13.8. The van der Waals surface area contributed by atoms with E-state index in [0.29, 0.717) is 11.0 Å². The topological polar surface area (TPSA) is 49.4 Å². The first kappa shape index (κ1) is 15.5. The third-order valence-corrected chi connectivity index (χ3v) is 4.98. The third-order valence-electron chi connectivity index (χ3n) is 4.48. The van der Waals surface area contributed by atoms with Crippen LogP contribution in [0.25, 0.3) is 0 Å². The molecule has 1 aliphatic heterocycles. The van der Waals surface area contributed by atoms with Crippen LogP contribution in [0.1, 0.15) is 32.1 Å². The highest BCUT2D eigenvalue weighted by atomic mass is 79.9. The van der Waals surface area contributed by atoms with Crippen molar-refractivity contribution in [3.63, 3.8) is 0 Å². The van der Waals surface area contributed by atoms with Crippen LogP contribution in [0.3, 0.4) is 0 Å². The predicted octanol–water partition coefficient (Wildman–Crippen LogP) is 3.32. The van der Waals surface area contributed by atoms with Crippen LogP contribution in [0.5, 0.6) is 0 Å². The molecule has 1 aromatic rings. The molecule has 1 saturated heterocycles. The fraction of sp³-hybridized carbons (Fsp3) is 0.500. The molecule has 1 unspecified atom stereocenters. The minimum Gasteiger partial charge on any atom is -0.339 e. The predicted molar refractivity (Wildman–Crippen MR) is 84.8 cm³/mol. The van der Waals surface area contributed by atoms with Crippen LogP contribution < -0.4 is 5.32 Å². The van der Waals surface area contributed by atoms with E-state index in [1.54, 1.807) is 6.07 Å². The minimum atomic E-state index is -0.486. The number of nitrogens with one attached hydrogen (secondary N) is 1. The zero-order valence-corrected chi connectivity index (χ0v) is 13.7. The summed E-state index contributed by atoms with van der Waals surface area (Å²) in [5, 5.41) is 2.60. The minimum absolute atomic E-state index is 0.0447. The molecule has 1 N–H and O–H groups in total. The molecule has 1 aromatic carbocycles. The molecule has 0 spiro atoms. The van der Waals surface area contributed by atoms with E-state index in [2.05, 4.69) is 21.2 Å². The lowest BCUT2D eigenvalue weighted by Crippen LogP contribution is -2.35. The molecule has 0 bridgehead atoms. The molecule has 0 aromatic heterocycles. The second kappa shape index (κ2) is 6.36. The first-order chi connectivity index (χ1) is 10.5. The van der Waals surface area contributed by atoms with E-state index in [9.17, 15) is 14.0 Å². The van der Waals surface area contributed by atoms with Gasteiger partial charge in [-0.1, -0.05) is 28.8 Å². The second-order valence-electron chi connectivity index (χ2n) is 6.00. The second-order valence-corrected chi connectivity index (χ2v) is 6.91. The molecule has 1 saturated carbocycles. The zero-order chi connectivity index (χ0) is 15.7. The van der Waals surface area contributed by atoms with Gasteiger partial charge in [-0.3, -0.25) is 9.59 Å². The summed E-state index contributed by atoms with van der Waals surface area (Å²) in [6.45, 7) is 0.452. The molecule has 22 heavy (non-hydrogen) atoms. The number of hydrogen-bond acceptors (Lipinski definition) is 2. The summed E-state index contributed by atoms with van der Waals surface area (Å²) in [4.78, 5) is 26.2.